The van der Waals surface area contributed by atoms with E-state index in [1.165, 1.54) is 0 Å². The zero-order valence-electron chi connectivity index (χ0n) is 28.6. The van der Waals surface area contributed by atoms with Gasteiger partial charge in [0.2, 0.25) is 5.91 Å². The van der Waals surface area contributed by atoms with Gasteiger partial charge in [-0.15, -0.1) is 0 Å². The number of ether oxygens (including phenoxy) is 2. The van der Waals surface area contributed by atoms with Gasteiger partial charge in [-0.3, -0.25) is 48.9 Å². The lowest BCUT2D eigenvalue weighted by Gasteiger charge is -2.35. The number of hydrogen-bond donors (Lipinski definition) is 5. The molecule has 0 aromatic heterocycles. The molecule has 5 N–H and O–H groups in total. The molecule has 0 bridgehead atoms. The van der Waals surface area contributed by atoms with Gasteiger partial charge in [0.15, 0.2) is 6.29 Å². The number of aliphatic carboxylic acids is 3. The van der Waals surface area contributed by atoms with Crippen LogP contribution in [0, 0.1) is 0 Å². The van der Waals surface area contributed by atoms with E-state index in [-0.39, 0.29) is 110 Å². The van der Waals surface area contributed by atoms with Crippen LogP contribution in [0.1, 0.15) is 31.2 Å². The highest BCUT2D eigenvalue weighted by Gasteiger charge is 2.23. The van der Waals surface area contributed by atoms with Crippen molar-refractivity contribution in [2.45, 2.75) is 38.5 Å². The Hall–Kier alpha value is -4.00. The highest BCUT2D eigenvalue weighted by atomic mass is 16.5. The van der Waals surface area contributed by atoms with E-state index < -0.39 is 24.1 Å². The molecule has 0 radical (unpaired) electrons. The average Bonchev–Trinajstić information content (AvgIpc) is 3.07. The lowest BCUT2D eigenvalue weighted by atomic mass is 10.2. The number of rotatable bonds is 22. The number of carboxylic acid groups (broad SMARTS) is 3. The lowest BCUT2D eigenvalue weighted by molar-refractivity contribution is -0.145. The summed E-state index contributed by atoms with van der Waals surface area (Å²) in [5.41, 5.74) is 0.922. The maximum atomic E-state index is 12.1. The normalized spacial score (nSPS) is 16.4. The molecule has 2 rings (SSSR count). The van der Waals surface area contributed by atoms with Crippen molar-refractivity contribution in [3.05, 3.63) is 35.9 Å². The van der Waals surface area contributed by atoms with Gasteiger partial charge in [-0.2, -0.15) is 0 Å². The summed E-state index contributed by atoms with van der Waals surface area (Å²) in [7, 11) is 0. The van der Waals surface area contributed by atoms with Crippen LogP contribution >= 0.6 is 0 Å². The molecule has 50 heavy (non-hydrogen) atoms. The van der Waals surface area contributed by atoms with Crippen molar-refractivity contribution in [2.24, 2.45) is 0 Å². The number of nitrogens with zero attached hydrogens (tertiary/aromatic N) is 4. The minimum atomic E-state index is -1.03. The Balaban J connectivity index is 1.74. The highest BCUT2D eigenvalue weighted by Crippen LogP contribution is 2.05. The summed E-state index contributed by atoms with van der Waals surface area (Å²) in [6, 6.07) is 9.42. The monoisotopic (exact) mass is 708 g/mol. The van der Waals surface area contributed by atoms with E-state index in [1.54, 1.807) is 14.7 Å². The zero-order valence-corrected chi connectivity index (χ0v) is 28.6. The first-order chi connectivity index (χ1) is 24.0. The maximum absolute atomic E-state index is 12.1. The van der Waals surface area contributed by atoms with Crippen LogP contribution in [0.25, 0.3) is 0 Å². The topological polar surface area (TPSA) is 219 Å². The fraction of sp³-hybridized carbons (Fsp3) is 0.636. The molecule has 1 atom stereocenters. The summed E-state index contributed by atoms with van der Waals surface area (Å²) in [6.45, 7) is 2.79. The Bertz CT molecular complexity index is 1160. The van der Waals surface area contributed by atoms with Crippen LogP contribution < -0.4 is 10.6 Å². The molecule has 280 valence electrons. The Morgan fingerprint density at radius 3 is 1.78 bits per heavy atom. The van der Waals surface area contributed by atoms with Crippen LogP contribution in [-0.4, -0.2) is 175 Å². The quantitative estimate of drug-likeness (QED) is 0.0555. The number of carbonyl (C=O) groups is 6. The first-order valence-corrected chi connectivity index (χ1v) is 16.8. The van der Waals surface area contributed by atoms with Gasteiger partial charge in [0.25, 0.3) is 0 Å². The summed E-state index contributed by atoms with van der Waals surface area (Å²) in [6.07, 6.45) is 1.59. The summed E-state index contributed by atoms with van der Waals surface area (Å²) in [5.74, 6) is -3.57. The number of benzene rings is 1. The maximum Gasteiger partial charge on any atom is 0.317 e. The fourth-order valence-electron chi connectivity index (χ4n) is 5.21. The second-order valence-electron chi connectivity index (χ2n) is 11.9. The van der Waals surface area contributed by atoms with Crippen LogP contribution in [0.4, 0.5) is 0 Å². The van der Waals surface area contributed by atoms with E-state index in [1.807, 2.05) is 35.2 Å². The smallest absolute Gasteiger partial charge is 0.317 e. The minimum Gasteiger partial charge on any atom is -0.480 e. The van der Waals surface area contributed by atoms with Crippen molar-refractivity contribution < 1.29 is 53.6 Å². The average molecular weight is 709 g/mol. The van der Waals surface area contributed by atoms with Crippen LogP contribution in [0.3, 0.4) is 0 Å². The Kier molecular flexibility index (Phi) is 21.1. The summed E-state index contributed by atoms with van der Waals surface area (Å²) >= 11 is 0. The van der Waals surface area contributed by atoms with E-state index in [9.17, 15) is 44.1 Å². The first-order valence-electron chi connectivity index (χ1n) is 16.8. The van der Waals surface area contributed by atoms with E-state index >= 15 is 0 Å². The van der Waals surface area contributed by atoms with Crippen molar-refractivity contribution in [1.29, 1.82) is 0 Å². The highest BCUT2D eigenvalue weighted by molar-refractivity contribution is 5.76. The number of esters is 1. The number of unbranched alkanes of at least 4 members (excludes halogenated alkanes) is 1. The fourth-order valence-corrected chi connectivity index (χ4v) is 5.21. The van der Waals surface area contributed by atoms with E-state index in [4.69, 9.17) is 9.47 Å². The standard InChI is InChI=1S/C33H52N6O11/c40-25-28(34-11-21-49-20-9-29(41)35-10-5-4-8-33(48)50-26-27-6-2-1-3-7-27)39-18-16-37(23-31(44)45)14-12-36(22-30(42)43)13-15-38(17-19-39)24-32(46)47/h1-3,6-7,25,28,34H,4-5,8-24,26H2,(H,35,41)(H,42,43)(H,44,45)(H,46,47). The third-order valence-electron chi connectivity index (χ3n) is 7.92. The number of nitrogens with one attached hydrogen (secondary N) is 2. The van der Waals surface area contributed by atoms with E-state index in [0.717, 1.165) is 11.8 Å². The molecule has 0 spiro atoms. The molecule has 1 fully saturated rings. The predicted molar refractivity (Wildman–Crippen MR) is 180 cm³/mol. The van der Waals surface area contributed by atoms with Gasteiger partial charge >= 0.3 is 23.9 Å². The van der Waals surface area contributed by atoms with Crippen LogP contribution in [0.5, 0.6) is 0 Å². The number of amides is 1. The molecule has 1 amide bonds. The summed E-state index contributed by atoms with van der Waals surface area (Å²) in [4.78, 5) is 77.3. The van der Waals surface area contributed by atoms with Crippen molar-refractivity contribution >= 4 is 36.1 Å². The van der Waals surface area contributed by atoms with Crippen molar-refractivity contribution in [3.63, 3.8) is 0 Å². The molecule has 1 aliphatic heterocycles. The minimum absolute atomic E-state index is 0.144. The summed E-state index contributed by atoms with van der Waals surface area (Å²) in [5, 5.41) is 34.0. The largest absolute Gasteiger partial charge is 0.480 e. The molecule has 0 saturated carbocycles. The summed E-state index contributed by atoms with van der Waals surface area (Å²) < 4.78 is 10.8. The molecule has 1 aromatic rings. The van der Waals surface area contributed by atoms with Gasteiger partial charge < -0.3 is 34.9 Å². The van der Waals surface area contributed by atoms with Gasteiger partial charge in [-0.05, 0) is 18.4 Å². The molecule has 1 heterocycles. The molecule has 1 saturated heterocycles. The zero-order chi connectivity index (χ0) is 36.6. The number of aldehydes is 1. The third-order valence-corrected chi connectivity index (χ3v) is 7.92. The molecule has 1 aliphatic rings. The third kappa shape index (κ3) is 19.9. The van der Waals surface area contributed by atoms with Crippen LogP contribution in [0.15, 0.2) is 30.3 Å². The second-order valence-corrected chi connectivity index (χ2v) is 11.9. The number of carboxylic acids is 3. The van der Waals surface area contributed by atoms with Gasteiger partial charge in [0, 0.05) is 78.3 Å². The first kappa shape index (κ1) is 42.2. The molecular formula is C33H52N6O11. The molecular weight excluding hydrogens is 656 g/mol. The predicted octanol–water partition coefficient (Wildman–Crippen LogP) is -0.987. The lowest BCUT2D eigenvalue weighted by Crippen LogP contribution is -2.54. The van der Waals surface area contributed by atoms with Crippen LogP contribution in [-0.2, 0) is 44.8 Å². The molecule has 1 aromatic carbocycles. The van der Waals surface area contributed by atoms with Gasteiger partial charge in [0.1, 0.15) is 12.8 Å². The Morgan fingerprint density at radius 1 is 0.720 bits per heavy atom. The Labute approximate surface area is 292 Å². The second kappa shape index (κ2) is 25.0. The molecule has 17 heteroatoms. The van der Waals surface area contributed by atoms with Gasteiger partial charge in [-0.25, -0.2) is 0 Å². The molecule has 17 nitrogen and oxygen atoms in total. The van der Waals surface area contributed by atoms with Crippen LogP contribution in [0.2, 0.25) is 0 Å². The van der Waals surface area contributed by atoms with Gasteiger partial charge in [-0.1, -0.05) is 30.3 Å². The van der Waals surface area contributed by atoms with E-state index in [0.29, 0.717) is 32.5 Å². The molecule has 1 unspecified atom stereocenters. The number of hydrogen-bond acceptors (Lipinski definition) is 13. The van der Waals surface area contributed by atoms with Crippen molar-refractivity contribution in [3.8, 4) is 0 Å². The van der Waals surface area contributed by atoms with Crippen molar-refractivity contribution in [1.82, 2.24) is 30.2 Å². The van der Waals surface area contributed by atoms with Gasteiger partial charge in [0.05, 0.1) is 32.8 Å². The van der Waals surface area contributed by atoms with E-state index in [2.05, 4.69) is 10.6 Å². The van der Waals surface area contributed by atoms with Crippen molar-refractivity contribution in [2.75, 3.05) is 98.3 Å². The molecule has 0 aliphatic carbocycles. The number of carbonyl (C=O) groups excluding carboxylic acids is 3. The Morgan fingerprint density at radius 2 is 1.26 bits per heavy atom. The SMILES string of the molecule is O=CC(NCCOCCC(=O)NCCCCC(=O)OCc1ccccc1)N1CCN(CC(=O)O)CCN(CC(=O)O)CCN(CC(=O)O)CC1.